The summed E-state index contributed by atoms with van der Waals surface area (Å²) in [5, 5.41) is 3.01. The van der Waals surface area contributed by atoms with Crippen molar-refractivity contribution in [2.45, 2.75) is 25.6 Å². The third kappa shape index (κ3) is 3.22. The van der Waals surface area contributed by atoms with Gasteiger partial charge >= 0.3 is 6.18 Å². The molecule has 2 rings (SSSR count). The van der Waals surface area contributed by atoms with Crippen molar-refractivity contribution in [2.75, 3.05) is 5.32 Å². The van der Waals surface area contributed by atoms with Gasteiger partial charge in [0, 0.05) is 24.0 Å². The van der Waals surface area contributed by atoms with Crippen molar-refractivity contribution >= 4 is 16.7 Å². The number of nitrogens with one attached hydrogen (secondary N) is 1. The Morgan fingerprint density at radius 3 is 2.83 bits per heavy atom. The third-order valence-corrected chi connectivity index (χ3v) is 2.78. The minimum Gasteiger partial charge on any atom is -0.469 e. The molecule has 1 atom stereocenters. The van der Waals surface area contributed by atoms with E-state index in [4.69, 9.17) is 4.42 Å². The lowest BCUT2D eigenvalue weighted by Gasteiger charge is -2.10. The summed E-state index contributed by atoms with van der Waals surface area (Å²) in [5.74, 6) is -0.351. The van der Waals surface area contributed by atoms with Gasteiger partial charge in [-0.3, -0.25) is 0 Å². The van der Waals surface area contributed by atoms with Gasteiger partial charge in [-0.2, -0.15) is 22.5 Å². The molecule has 0 spiro atoms. The second-order valence-electron chi connectivity index (χ2n) is 3.75. The molecule has 0 aliphatic heterocycles. The fourth-order valence-corrected chi connectivity index (χ4v) is 2.09. The van der Waals surface area contributed by atoms with Crippen LogP contribution in [-0.4, -0.2) is 15.4 Å². The van der Waals surface area contributed by atoms with Crippen LogP contribution >= 0.6 is 11.5 Å². The molecule has 0 saturated carbocycles. The maximum absolute atomic E-state index is 12.3. The highest BCUT2D eigenvalue weighted by molar-refractivity contribution is 7.09. The summed E-state index contributed by atoms with van der Waals surface area (Å²) in [6.07, 6.45) is -2.39. The van der Waals surface area contributed by atoms with Crippen molar-refractivity contribution in [3.63, 3.8) is 0 Å². The van der Waals surface area contributed by atoms with Crippen molar-refractivity contribution in [2.24, 2.45) is 0 Å². The van der Waals surface area contributed by atoms with Gasteiger partial charge in [-0.15, -0.1) is 0 Å². The highest BCUT2D eigenvalue weighted by Crippen LogP contribution is 2.29. The van der Waals surface area contributed by atoms with Crippen LogP contribution in [0.1, 0.15) is 18.5 Å². The van der Waals surface area contributed by atoms with E-state index in [1.54, 1.807) is 18.4 Å². The Balaban J connectivity index is 1.95. The molecule has 2 aromatic rings. The smallest absolute Gasteiger partial charge is 0.452 e. The van der Waals surface area contributed by atoms with E-state index in [0.717, 1.165) is 5.76 Å². The van der Waals surface area contributed by atoms with Crippen LogP contribution in [0.15, 0.2) is 22.8 Å². The van der Waals surface area contributed by atoms with Crippen molar-refractivity contribution in [3.8, 4) is 0 Å². The van der Waals surface area contributed by atoms with E-state index in [1.165, 1.54) is 0 Å². The first-order chi connectivity index (χ1) is 8.45. The monoisotopic (exact) mass is 277 g/mol. The van der Waals surface area contributed by atoms with Crippen LogP contribution in [0.2, 0.25) is 0 Å². The minimum atomic E-state index is -4.50. The van der Waals surface area contributed by atoms with Gasteiger partial charge in [0.2, 0.25) is 11.0 Å². The Labute approximate surface area is 105 Å². The lowest BCUT2D eigenvalue weighted by atomic mass is 10.2. The van der Waals surface area contributed by atoms with Crippen LogP contribution < -0.4 is 5.32 Å². The second kappa shape index (κ2) is 4.97. The molecule has 0 bridgehead atoms. The molecular weight excluding hydrogens is 267 g/mol. The Morgan fingerprint density at radius 1 is 1.50 bits per heavy atom. The molecule has 2 aromatic heterocycles. The standard InChI is InChI=1S/C10H10F3N3OS/c1-6(5-7-3-2-4-17-7)14-9-15-8(16-18-9)10(11,12)13/h2-4,6H,5H2,1H3,(H,14,15,16). The molecule has 98 valence electrons. The fourth-order valence-electron chi connectivity index (χ4n) is 1.39. The zero-order chi connectivity index (χ0) is 13.2. The molecule has 0 aromatic carbocycles. The van der Waals surface area contributed by atoms with Gasteiger partial charge in [-0.05, 0) is 19.1 Å². The molecule has 0 radical (unpaired) electrons. The molecular formula is C10H10F3N3OS. The van der Waals surface area contributed by atoms with Crippen molar-refractivity contribution in [3.05, 3.63) is 30.0 Å². The predicted octanol–water partition coefficient (Wildman–Crippen LogP) is 3.19. The molecule has 0 aliphatic rings. The molecule has 0 aliphatic carbocycles. The number of halogens is 3. The van der Waals surface area contributed by atoms with E-state index in [2.05, 4.69) is 14.7 Å². The van der Waals surface area contributed by atoms with Gasteiger partial charge in [0.15, 0.2) is 0 Å². The average molecular weight is 277 g/mol. The first-order valence-electron chi connectivity index (χ1n) is 5.15. The van der Waals surface area contributed by atoms with Crippen molar-refractivity contribution < 1.29 is 17.6 Å². The molecule has 18 heavy (non-hydrogen) atoms. The molecule has 0 amide bonds. The van der Waals surface area contributed by atoms with E-state index in [-0.39, 0.29) is 11.2 Å². The molecule has 1 unspecified atom stereocenters. The number of hydrogen-bond acceptors (Lipinski definition) is 5. The van der Waals surface area contributed by atoms with E-state index >= 15 is 0 Å². The van der Waals surface area contributed by atoms with Crippen LogP contribution in [0.5, 0.6) is 0 Å². The first-order valence-corrected chi connectivity index (χ1v) is 5.92. The summed E-state index contributed by atoms with van der Waals surface area (Å²) in [6.45, 7) is 1.83. The topological polar surface area (TPSA) is 51.0 Å². The first kappa shape index (κ1) is 12.9. The number of alkyl halides is 3. The van der Waals surface area contributed by atoms with Gasteiger partial charge in [0.05, 0.1) is 6.26 Å². The van der Waals surface area contributed by atoms with Crippen LogP contribution in [-0.2, 0) is 12.6 Å². The Bertz CT molecular complexity index is 495. The molecule has 4 nitrogen and oxygen atoms in total. The average Bonchev–Trinajstić information content (AvgIpc) is 2.87. The number of anilines is 1. The van der Waals surface area contributed by atoms with E-state index in [0.29, 0.717) is 18.0 Å². The molecule has 1 N–H and O–H groups in total. The van der Waals surface area contributed by atoms with E-state index in [1.807, 2.05) is 6.92 Å². The summed E-state index contributed by atoms with van der Waals surface area (Å²) >= 11 is 0.695. The fraction of sp³-hybridized carbons (Fsp3) is 0.400. The van der Waals surface area contributed by atoms with E-state index in [9.17, 15) is 13.2 Å². The zero-order valence-corrected chi connectivity index (χ0v) is 10.2. The molecule has 2 heterocycles. The Kier molecular flexibility index (Phi) is 3.55. The summed E-state index contributed by atoms with van der Waals surface area (Å²) < 4.78 is 45.3. The van der Waals surface area contributed by atoms with Gasteiger partial charge < -0.3 is 9.73 Å². The highest BCUT2D eigenvalue weighted by Gasteiger charge is 2.36. The normalized spacial score (nSPS) is 13.6. The minimum absolute atomic E-state index is 0.0924. The van der Waals surface area contributed by atoms with Crippen molar-refractivity contribution in [1.82, 2.24) is 9.36 Å². The zero-order valence-electron chi connectivity index (χ0n) is 9.36. The maximum atomic E-state index is 12.3. The lowest BCUT2D eigenvalue weighted by molar-refractivity contribution is -0.144. The number of nitrogens with zero attached hydrogens (tertiary/aromatic N) is 2. The summed E-state index contributed by atoms with van der Waals surface area (Å²) in [6, 6.07) is 3.47. The lowest BCUT2D eigenvalue weighted by Crippen LogP contribution is -2.18. The maximum Gasteiger partial charge on any atom is 0.452 e. The van der Waals surface area contributed by atoms with Gasteiger partial charge in [0.25, 0.3) is 0 Å². The summed E-state index contributed by atoms with van der Waals surface area (Å²) in [7, 11) is 0. The number of rotatable bonds is 4. The third-order valence-electron chi connectivity index (χ3n) is 2.14. The largest absolute Gasteiger partial charge is 0.469 e. The van der Waals surface area contributed by atoms with Crippen LogP contribution in [0, 0.1) is 0 Å². The SMILES string of the molecule is CC(Cc1ccco1)Nc1nc(C(F)(F)F)ns1. The van der Waals surface area contributed by atoms with Gasteiger partial charge in [-0.25, -0.2) is 0 Å². The predicted molar refractivity (Wildman–Crippen MR) is 60.4 cm³/mol. The Morgan fingerprint density at radius 2 is 2.28 bits per heavy atom. The van der Waals surface area contributed by atoms with Gasteiger partial charge in [0.1, 0.15) is 5.76 Å². The molecule has 8 heteroatoms. The number of aromatic nitrogens is 2. The van der Waals surface area contributed by atoms with Crippen LogP contribution in [0.25, 0.3) is 0 Å². The number of furan rings is 1. The van der Waals surface area contributed by atoms with Crippen LogP contribution in [0.4, 0.5) is 18.3 Å². The van der Waals surface area contributed by atoms with Crippen molar-refractivity contribution in [1.29, 1.82) is 0 Å². The Hall–Kier alpha value is -1.57. The molecule has 0 fully saturated rings. The highest BCUT2D eigenvalue weighted by atomic mass is 32.1. The van der Waals surface area contributed by atoms with Crippen LogP contribution in [0.3, 0.4) is 0 Å². The second-order valence-corrected chi connectivity index (χ2v) is 4.50. The summed E-state index contributed by atoms with van der Waals surface area (Å²) in [4.78, 5) is 3.39. The van der Waals surface area contributed by atoms with Gasteiger partial charge in [-0.1, -0.05) is 0 Å². The quantitative estimate of drug-likeness (QED) is 0.932. The number of hydrogen-bond donors (Lipinski definition) is 1. The van der Waals surface area contributed by atoms with E-state index < -0.39 is 12.0 Å². The summed E-state index contributed by atoms with van der Waals surface area (Å²) in [5.41, 5.74) is 0. The molecule has 0 saturated heterocycles.